The summed E-state index contributed by atoms with van der Waals surface area (Å²) in [5.74, 6) is 0. The van der Waals surface area contributed by atoms with Crippen molar-refractivity contribution in [3.8, 4) is 10.6 Å². The topological polar surface area (TPSA) is 12.9 Å². The van der Waals surface area contributed by atoms with Crippen LogP contribution in [0.15, 0.2) is 22.5 Å². The molecule has 2 rings (SSSR count). The number of benzene rings is 1. The molecule has 1 aromatic carbocycles. The summed E-state index contributed by atoms with van der Waals surface area (Å²) in [5.41, 5.74) is -0.526. The second-order valence-corrected chi connectivity index (χ2v) is 8.19. The van der Waals surface area contributed by atoms with Crippen LogP contribution < -0.4 is 0 Å². The number of hydrogen-bond donors (Lipinski definition) is 0. The van der Waals surface area contributed by atoms with Crippen molar-refractivity contribution >= 4 is 46.3 Å². The zero-order chi connectivity index (χ0) is 15.8. The third-order valence-electron chi connectivity index (χ3n) is 2.42. The van der Waals surface area contributed by atoms with Gasteiger partial charge in [0.2, 0.25) is 0 Å². The fourth-order valence-electron chi connectivity index (χ4n) is 1.60. The summed E-state index contributed by atoms with van der Waals surface area (Å²) < 4.78 is 39.1. The molecule has 1 nitrogen and oxygen atoms in total. The highest BCUT2D eigenvalue weighted by Gasteiger charge is 2.32. The lowest BCUT2D eigenvalue weighted by Gasteiger charge is -2.10. The van der Waals surface area contributed by atoms with Gasteiger partial charge in [-0.05, 0) is 12.1 Å². The van der Waals surface area contributed by atoms with Crippen molar-refractivity contribution in [3.63, 3.8) is 0 Å². The van der Waals surface area contributed by atoms with Crippen LogP contribution in [0.3, 0.4) is 0 Å². The van der Waals surface area contributed by atoms with Crippen LogP contribution in [0.4, 0.5) is 13.2 Å². The molecule has 0 unspecified atom stereocenters. The van der Waals surface area contributed by atoms with E-state index in [1.165, 1.54) is 11.3 Å². The Bertz CT molecular complexity index is 630. The predicted molar refractivity (Wildman–Crippen MR) is 83.6 cm³/mol. The van der Waals surface area contributed by atoms with Gasteiger partial charge in [-0.25, -0.2) is 4.98 Å². The van der Waals surface area contributed by atoms with Crippen molar-refractivity contribution in [2.24, 2.45) is 0 Å². The summed E-state index contributed by atoms with van der Waals surface area (Å²) in [6.45, 7) is 4.09. The largest absolute Gasteiger partial charge is 0.416 e. The summed E-state index contributed by atoms with van der Waals surface area (Å²) >= 11 is 14.9. The van der Waals surface area contributed by atoms with Gasteiger partial charge in [-0.1, -0.05) is 37.0 Å². The number of thiazole rings is 1. The number of hydrogen-bond acceptors (Lipinski definition) is 3. The van der Waals surface area contributed by atoms with E-state index in [0.717, 1.165) is 16.3 Å². The average molecular weight is 372 g/mol. The summed E-state index contributed by atoms with van der Waals surface area (Å²) in [6.07, 6.45) is -2.80. The van der Waals surface area contributed by atoms with Crippen molar-refractivity contribution in [3.05, 3.63) is 33.9 Å². The van der Waals surface area contributed by atoms with Crippen LogP contribution in [0, 0.1) is 0 Å². The molecule has 0 spiro atoms. The number of thioether (sulfide) groups is 1. The van der Waals surface area contributed by atoms with Gasteiger partial charge in [0.25, 0.3) is 0 Å². The lowest BCUT2D eigenvalue weighted by atomic mass is 10.1. The Balaban J connectivity index is 2.43. The second-order valence-electron chi connectivity index (χ2n) is 4.46. The van der Waals surface area contributed by atoms with Gasteiger partial charge in [0.15, 0.2) is 0 Å². The molecule has 0 aliphatic carbocycles. The van der Waals surface area contributed by atoms with E-state index in [0.29, 0.717) is 15.8 Å². The molecule has 0 N–H and O–H groups in total. The minimum atomic E-state index is -4.48. The highest BCUT2D eigenvalue weighted by molar-refractivity contribution is 8.01. The van der Waals surface area contributed by atoms with Gasteiger partial charge < -0.3 is 0 Å². The summed E-state index contributed by atoms with van der Waals surface area (Å²) in [6, 6.07) is 1.75. The van der Waals surface area contributed by atoms with Gasteiger partial charge >= 0.3 is 6.18 Å². The maximum Gasteiger partial charge on any atom is 0.416 e. The minimum Gasteiger partial charge on any atom is -0.243 e. The van der Waals surface area contributed by atoms with Crippen molar-refractivity contribution in [2.45, 2.75) is 29.5 Å². The van der Waals surface area contributed by atoms with Crippen LogP contribution >= 0.6 is 46.3 Å². The normalized spacial score (nSPS) is 12.2. The van der Waals surface area contributed by atoms with E-state index in [-0.39, 0.29) is 10.0 Å². The summed E-state index contributed by atoms with van der Waals surface area (Å²) in [5, 5.41) is 0.800. The Morgan fingerprint density at radius 3 is 2.24 bits per heavy atom. The van der Waals surface area contributed by atoms with Gasteiger partial charge in [0.05, 0.1) is 26.0 Å². The third-order valence-corrected chi connectivity index (χ3v) is 5.17. The van der Waals surface area contributed by atoms with Gasteiger partial charge in [-0.2, -0.15) is 13.2 Å². The zero-order valence-corrected chi connectivity index (χ0v) is 14.1. The molecule has 1 aromatic heterocycles. The van der Waals surface area contributed by atoms with E-state index in [2.05, 4.69) is 4.98 Å². The molecule has 0 radical (unpaired) electrons. The first-order valence-corrected chi connectivity index (χ1v) is 8.32. The van der Waals surface area contributed by atoms with Gasteiger partial charge in [-0.3, -0.25) is 0 Å². The van der Waals surface area contributed by atoms with E-state index in [4.69, 9.17) is 23.2 Å². The number of alkyl halides is 3. The van der Waals surface area contributed by atoms with Crippen LogP contribution in [0.2, 0.25) is 10.0 Å². The molecule has 0 aliphatic rings. The van der Waals surface area contributed by atoms with Gasteiger partial charge in [0, 0.05) is 10.8 Å². The van der Waals surface area contributed by atoms with Crippen LogP contribution in [0.25, 0.3) is 10.6 Å². The van der Waals surface area contributed by atoms with Crippen molar-refractivity contribution in [1.29, 1.82) is 0 Å². The van der Waals surface area contributed by atoms with E-state index in [1.807, 2.05) is 13.8 Å². The molecule has 0 bridgehead atoms. The number of nitrogens with zero attached hydrogens (tertiary/aromatic N) is 1. The van der Waals surface area contributed by atoms with E-state index in [9.17, 15) is 13.2 Å². The van der Waals surface area contributed by atoms with E-state index < -0.39 is 11.7 Å². The quantitative estimate of drug-likeness (QED) is 0.561. The fraction of sp³-hybridized carbons (Fsp3) is 0.308. The van der Waals surface area contributed by atoms with Crippen molar-refractivity contribution in [2.75, 3.05) is 0 Å². The Morgan fingerprint density at radius 2 is 1.76 bits per heavy atom. The first-order chi connectivity index (χ1) is 9.68. The first kappa shape index (κ1) is 16.9. The lowest BCUT2D eigenvalue weighted by molar-refractivity contribution is -0.137. The Morgan fingerprint density at radius 1 is 1.19 bits per heavy atom. The first-order valence-electron chi connectivity index (χ1n) is 5.87. The fourth-order valence-corrected chi connectivity index (χ4v) is 4.69. The van der Waals surface area contributed by atoms with E-state index in [1.54, 1.807) is 18.0 Å². The van der Waals surface area contributed by atoms with Crippen LogP contribution in [-0.4, -0.2) is 10.2 Å². The number of halogens is 5. The average Bonchev–Trinajstić information content (AvgIpc) is 2.74. The maximum absolute atomic E-state index is 12.7. The lowest BCUT2D eigenvalue weighted by Crippen LogP contribution is -2.05. The standard InChI is InChI=1S/C13H10Cl2F3NS2/c1-6(2)20-10-5-19-12(21-10)11-8(14)3-7(4-9(11)15)13(16,17)18/h3-6H,1-2H3. The smallest absolute Gasteiger partial charge is 0.243 e. The second kappa shape index (κ2) is 6.36. The molecule has 8 heteroatoms. The highest BCUT2D eigenvalue weighted by atomic mass is 35.5. The van der Waals surface area contributed by atoms with Gasteiger partial charge in [-0.15, -0.1) is 23.1 Å². The minimum absolute atomic E-state index is 0.0507. The SMILES string of the molecule is CC(C)Sc1cnc(-c2c(Cl)cc(C(F)(F)F)cc2Cl)s1. The summed E-state index contributed by atoms with van der Waals surface area (Å²) in [4.78, 5) is 4.20. The molecule has 2 aromatic rings. The van der Waals surface area contributed by atoms with Crippen LogP contribution in [0.5, 0.6) is 0 Å². The number of rotatable bonds is 3. The monoisotopic (exact) mass is 371 g/mol. The molecule has 0 saturated carbocycles. The van der Waals surface area contributed by atoms with Crippen LogP contribution in [0.1, 0.15) is 19.4 Å². The highest BCUT2D eigenvalue weighted by Crippen LogP contribution is 2.43. The molecular formula is C13H10Cl2F3NS2. The molecule has 0 amide bonds. The Kier molecular flexibility index (Phi) is 5.13. The predicted octanol–water partition coefficient (Wildman–Crippen LogP) is 6.64. The van der Waals surface area contributed by atoms with Crippen LogP contribution in [-0.2, 0) is 6.18 Å². The van der Waals surface area contributed by atoms with Gasteiger partial charge in [0.1, 0.15) is 5.01 Å². The summed E-state index contributed by atoms with van der Waals surface area (Å²) in [7, 11) is 0. The molecule has 1 heterocycles. The third kappa shape index (κ3) is 4.06. The number of aromatic nitrogens is 1. The molecule has 114 valence electrons. The van der Waals surface area contributed by atoms with E-state index >= 15 is 0 Å². The molecular weight excluding hydrogens is 362 g/mol. The maximum atomic E-state index is 12.7. The Labute approximate surface area is 138 Å². The molecule has 21 heavy (non-hydrogen) atoms. The Hall–Kier alpha value is -0.430. The molecule has 0 saturated heterocycles. The molecule has 0 fully saturated rings. The molecule has 0 aliphatic heterocycles. The van der Waals surface area contributed by atoms with Crippen molar-refractivity contribution in [1.82, 2.24) is 4.98 Å². The van der Waals surface area contributed by atoms with Crippen molar-refractivity contribution < 1.29 is 13.2 Å². The zero-order valence-electron chi connectivity index (χ0n) is 11.0. The molecule has 0 atom stereocenters.